The molecule has 0 saturated heterocycles. The number of unbranched alkanes of at least 4 members (excludes halogenated alkanes) is 1. The predicted octanol–water partition coefficient (Wildman–Crippen LogP) is 5.19. The fourth-order valence-corrected chi connectivity index (χ4v) is 4.09. The summed E-state index contributed by atoms with van der Waals surface area (Å²) in [5, 5.41) is 0. The van der Waals surface area contributed by atoms with Crippen molar-refractivity contribution in [3.63, 3.8) is 0 Å². The summed E-state index contributed by atoms with van der Waals surface area (Å²) in [7, 11) is 18.8. The smallest absolute Gasteiger partial charge is 0.166 e. The number of hydrogen-bond donors (Lipinski definition) is 0. The highest BCUT2D eigenvalue weighted by molar-refractivity contribution is 6.50. The second kappa shape index (κ2) is 9.35. The van der Waals surface area contributed by atoms with E-state index in [2.05, 4.69) is 27.7 Å². The molecule has 150 valence electrons. The Kier molecular flexibility index (Phi) is 8.43. The van der Waals surface area contributed by atoms with E-state index in [0.29, 0.717) is 11.1 Å². The summed E-state index contributed by atoms with van der Waals surface area (Å²) in [4.78, 5) is 0. The second-order valence-corrected chi connectivity index (χ2v) is 8.93. The molecule has 0 spiro atoms. The molecule has 0 aliphatic rings. The molecule has 0 nitrogen and oxygen atoms in total. The van der Waals surface area contributed by atoms with Crippen LogP contribution in [0, 0.1) is 5.41 Å². The number of alkyl halides is 3. The van der Waals surface area contributed by atoms with E-state index in [0.717, 1.165) is 38.5 Å². The molecule has 2 atom stereocenters. The van der Waals surface area contributed by atoms with Crippen molar-refractivity contribution in [2.75, 3.05) is 0 Å². The Morgan fingerprint density at radius 3 is 1.89 bits per heavy atom. The minimum atomic E-state index is -4.56. The molecule has 0 fully saturated rings. The van der Waals surface area contributed by atoms with Crippen molar-refractivity contribution < 1.29 is 13.2 Å². The van der Waals surface area contributed by atoms with Crippen LogP contribution < -0.4 is 10.9 Å². The van der Waals surface area contributed by atoms with Gasteiger partial charge in [-0.3, -0.25) is 0 Å². The monoisotopic (exact) mass is 386 g/mol. The molecule has 1 aromatic rings. The summed E-state index contributed by atoms with van der Waals surface area (Å²) < 4.78 is 40.9. The first-order valence-corrected chi connectivity index (χ1v) is 10.3. The lowest BCUT2D eigenvalue weighted by Gasteiger charge is -2.41. The van der Waals surface area contributed by atoms with Crippen molar-refractivity contribution in [1.29, 1.82) is 0 Å². The first-order valence-electron chi connectivity index (χ1n) is 10.3. The SMILES string of the molecule is [B]c1c(C(F)(F)F)cc(C(C)(C)CCCC)c(C([B])C(C)(CC)CCC)c1[B]. The standard InChI is InChI=1S/C22H32B3F3/c1-7-10-12-20(4,5)14-13-15(22(26,27)28)17(23)18(24)16(14)19(25)21(6,9-3)11-8-2/h13,19H,7-12H2,1-6H3. The van der Waals surface area contributed by atoms with Crippen LogP contribution in [0.3, 0.4) is 0 Å². The summed E-state index contributed by atoms with van der Waals surface area (Å²) in [5.41, 5.74) is -0.904. The third-order valence-electron chi connectivity index (χ3n) is 6.33. The van der Waals surface area contributed by atoms with Crippen molar-refractivity contribution in [1.82, 2.24) is 0 Å². The van der Waals surface area contributed by atoms with E-state index in [1.807, 2.05) is 13.8 Å². The van der Waals surface area contributed by atoms with E-state index >= 15 is 0 Å². The third kappa shape index (κ3) is 5.22. The predicted molar refractivity (Wildman–Crippen MR) is 117 cm³/mol. The van der Waals surface area contributed by atoms with E-state index in [4.69, 9.17) is 23.5 Å². The van der Waals surface area contributed by atoms with Gasteiger partial charge < -0.3 is 0 Å². The Hall–Kier alpha value is -0.795. The van der Waals surface area contributed by atoms with Crippen LogP contribution in [0.1, 0.15) is 103 Å². The van der Waals surface area contributed by atoms with Crippen LogP contribution in [0.2, 0.25) is 0 Å². The lowest BCUT2D eigenvalue weighted by Crippen LogP contribution is -2.42. The summed E-state index contributed by atoms with van der Waals surface area (Å²) in [6.45, 7) is 12.2. The summed E-state index contributed by atoms with van der Waals surface area (Å²) >= 11 is 0. The van der Waals surface area contributed by atoms with Crippen LogP contribution in [0.4, 0.5) is 13.2 Å². The fourth-order valence-electron chi connectivity index (χ4n) is 4.09. The molecule has 6 heteroatoms. The fraction of sp³-hybridized carbons (Fsp3) is 0.727. The number of halogens is 3. The van der Waals surface area contributed by atoms with Gasteiger partial charge in [-0.25, -0.2) is 0 Å². The Morgan fingerprint density at radius 2 is 1.46 bits per heavy atom. The van der Waals surface area contributed by atoms with Gasteiger partial charge >= 0.3 is 6.18 Å². The maximum Gasteiger partial charge on any atom is 0.415 e. The van der Waals surface area contributed by atoms with Gasteiger partial charge in [-0.1, -0.05) is 83.7 Å². The second-order valence-electron chi connectivity index (χ2n) is 8.93. The first-order chi connectivity index (χ1) is 12.8. The van der Waals surface area contributed by atoms with Crippen molar-refractivity contribution in [2.45, 2.75) is 97.5 Å². The Bertz CT molecular complexity index is 668. The zero-order chi connectivity index (χ0) is 21.9. The molecule has 28 heavy (non-hydrogen) atoms. The van der Waals surface area contributed by atoms with Crippen LogP contribution >= 0.6 is 0 Å². The van der Waals surface area contributed by atoms with Crippen LogP contribution in [0.15, 0.2) is 6.07 Å². The van der Waals surface area contributed by atoms with Crippen LogP contribution in [0.5, 0.6) is 0 Å². The van der Waals surface area contributed by atoms with E-state index in [-0.39, 0.29) is 10.9 Å². The molecule has 1 rings (SSSR count). The van der Waals surface area contributed by atoms with Crippen molar-refractivity contribution in [2.24, 2.45) is 5.41 Å². The first kappa shape index (κ1) is 25.2. The molecule has 0 aromatic heterocycles. The minimum absolute atomic E-state index is 0.0160. The molecule has 0 N–H and O–H groups in total. The average molecular weight is 386 g/mol. The Labute approximate surface area is 173 Å². The van der Waals surface area contributed by atoms with Gasteiger partial charge in [0.1, 0.15) is 15.7 Å². The number of rotatable bonds is 9. The van der Waals surface area contributed by atoms with Gasteiger partial charge in [-0.05, 0) is 41.1 Å². The molecule has 6 radical (unpaired) electrons. The maximum atomic E-state index is 13.6. The topological polar surface area (TPSA) is 0 Å². The summed E-state index contributed by atoms with van der Waals surface area (Å²) in [6.07, 6.45) is 0.658. The van der Waals surface area contributed by atoms with Crippen LogP contribution in [0.25, 0.3) is 0 Å². The molecule has 0 saturated carbocycles. The molecular formula is C22H32B3F3. The van der Waals surface area contributed by atoms with E-state index < -0.39 is 28.4 Å². The zero-order valence-electron chi connectivity index (χ0n) is 18.3. The largest absolute Gasteiger partial charge is 0.415 e. The molecule has 2 unspecified atom stereocenters. The van der Waals surface area contributed by atoms with Crippen LogP contribution in [-0.2, 0) is 11.6 Å². The van der Waals surface area contributed by atoms with Gasteiger partial charge in [0.2, 0.25) is 0 Å². The number of benzene rings is 1. The molecule has 0 aliphatic carbocycles. The van der Waals surface area contributed by atoms with Gasteiger partial charge in [-0.15, -0.1) is 0 Å². The van der Waals surface area contributed by atoms with Gasteiger partial charge in [-0.2, -0.15) is 13.2 Å². The van der Waals surface area contributed by atoms with Crippen molar-refractivity contribution in [3.05, 3.63) is 22.8 Å². The average Bonchev–Trinajstić information content (AvgIpc) is 2.60. The molecule has 0 aliphatic heterocycles. The Balaban J connectivity index is 3.81. The van der Waals surface area contributed by atoms with E-state index in [9.17, 15) is 13.2 Å². The third-order valence-corrected chi connectivity index (χ3v) is 6.33. The highest BCUT2D eigenvalue weighted by Gasteiger charge is 2.39. The lowest BCUT2D eigenvalue weighted by molar-refractivity contribution is -0.136. The minimum Gasteiger partial charge on any atom is -0.166 e. The molecule has 1 aromatic carbocycles. The number of hydrogen-bond acceptors (Lipinski definition) is 0. The van der Waals surface area contributed by atoms with E-state index in [1.54, 1.807) is 0 Å². The molecule has 0 heterocycles. The van der Waals surface area contributed by atoms with Crippen molar-refractivity contribution >= 4 is 34.5 Å². The van der Waals surface area contributed by atoms with Gasteiger partial charge in [0.15, 0.2) is 0 Å². The Morgan fingerprint density at radius 1 is 0.893 bits per heavy atom. The normalized spacial score (nSPS) is 16.0. The highest BCUT2D eigenvalue weighted by atomic mass is 19.4. The van der Waals surface area contributed by atoms with Gasteiger partial charge in [0, 0.05) is 5.56 Å². The molecular weight excluding hydrogens is 354 g/mol. The van der Waals surface area contributed by atoms with Gasteiger partial charge in [0.05, 0.1) is 7.85 Å². The summed E-state index contributed by atoms with van der Waals surface area (Å²) in [5.74, 6) is -0.488. The van der Waals surface area contributed by atoms with Gasteiger partial charge in [0.25, 0.3) is 0 Å². The van der Waals surface area contributed by atoms with Crippen molar-refractivity contribution in [3.8, 4) is 0 Å². The quantitative estimate of drug-likeness (QED) is 0.513. The molecule has 0 amide bonds. The summed E-state index contributed by atoms with van der Waals surface area (Å²) in [6, 6.07) is 1.19. The van der Waals surface area contributed by atoms with Crippen LogP contribution in [-0.4, -0.2) is 23.5 Å². The highest BCUT2D eigenvalue weighted by Crippen LogP contribution is 2.44. The zero-order valence-corrected chi connectivity index (χ0v) is 18.3. The molecule has 0 bridgehead atoms. The lowest BCUT2D eigenvalue weighted by atomic mass is 9.54. The maximum absolute atomic E-state index is 13.6. The van der Waals surface area contributed by atoms with E-state index in [1.165, 1.54) is 6.07 Å².